The molecule has 0 aromatic carbocycles. The molecule has 0 radical (unpaired) electrons. The molecule has 25 heavy (non-hydrogen) atoms. The summed E-state index contributed by atoms with van der Waals surface area (Å²) in [5.74, 6) is 0.763. The number of carbonyl (C=O) groups is 1. The van der Waals surface area contributed by atoms with Crippen LogP contribution in [-0.4, -0.2) is 47.7 Å². The van der Waals surface area contributed by atoms with Crippen molar-refractivity contribution in [3.63, 3.8) is 0 Å². The van der Waals surface area contributed by atoms with Crippen molar-refractivity contribution in [1.29, 1.82) is 0 Å². The molecule has 0 spiro atoms. The average Bonchev–Trinajstić information content (AvgIpc) is 2.93. The average molecular weight is 344 g/mol. The quantitative estimate of drug-likeness (QED) is 0.916. The SMILES string of the molecule is CNc1cc(C)nc([C@@H]2CN(C(=O)Cc3c(C)noc3C)CCO2)c1. The highest BCUT2D eigenvalue weighted by atomic mass is 16.5. The number of carbonyl (C=O) groups excluding carboxylic acids is 1. The van der Waals surface area contributed by atoms with Crippen molar-refractivity contribution >= 4 is 11.6 Å². The maximum atomic E-state index is 12.7. The van der Waals surface area contributed by atoms with Crippen molar-refractivity contribution in [2.75, 3.05) is 32.1 Å². The van der Waals surface area contributed by atoms with E-state index in [1.54, 1.807) is 0 Å². The maximum Gasteiger partial charge on any atom is 0.227 e. The lowest BCUT2D eigenvalue weighted by Gasteiger charge is -2.33. The van der Waals surface area contributed by atoms with Gasteiger partial charge in [-0.05, 0) is 32.9 Å². The smallest absolute Gasteiger partial charge is 0.227 e. The van der Waals surface area contributed by atoms with Gasteiger partial charge in [-0.3, -0.25) is 9.78 Å². The number of ether oxygens (including phenoxy) is 1. The lowest BCUT2D eigenvalue weighted by Crippen LogP contribution is -2.43. The Balaban J connectivity index is 1.72. The van der Waals surface area contributed by atoms with E-state index in [-0.39, 0.29) is 12.0 Å². The first kappa shape index (κ1) is 17.4. The summed E-state index contributed by atoms with van der Waals surface area (Å²) in [6, 6.07) is 3.95. The van der Waals surface area contributed by atoms with Crippen LogP contribution in [0.15, 0.2) is 16.7 Å². The number of hydrogen-bond donors (Lipinski definition) is 1. The summed E-state index contributed by atoms with van der Waals surface area (Å²) in [5.41, 5.74) is 4.41. The molecule has 2 aromatic rings. The van der Waals surface area contributed by atoms with Gasteiger partial charge >= 0.3 is 0 Å². The van der Waals surface area contributed by atoms with E-state index in [4.69, 9.17) is 9.26 Å². The van der Waals surface area contributed by atoms with Crippen LogP contribution in [0.5, 0.6) is 0 Å². The second kappa shape index (κ2) is 7.23. The number of amides is 1. The number of morpholine rings is 1. The highest BCUT2D eigenvalue weighted by Gasteiger charge is 2.27. The Kier molecular flexibility index (Phi) is 5.03. The normalized spacial score (nSPS) is 17.6. The van der Waals surface area contributed by atoms with Crippen LogP contribution in [0.1, 0.15) is 34.5 Å². The van der Waals surface area contributed by atoms with E-state index in [0.717, 1.165) is 28.3 Å². The third kappa shape index (κ3) is 3.82. The number of aromatic nitrogens is 2. The molecule has 0 saturated carbocycles. The molecule has 3 heterocycles. The van der Waals surface area contributed by atoms with Crippen molar-refractivity contribution in [2.45, 2.75) is 33.3 Å². The molecule has 0 bridgehead atoms. The minimum absolute atomic E-state index is 0.0594. The fourth-order valence-electron chi connectivity index (χ4n) is 3.08. The second-order valence-corrected chi connectivity index (χ2v) is 6.35. The molecular formula is C18H24N4O3. The van der Waals surface area contributed by atoms with Gasteiger partial charge in [0.05, 0.1) is 31.0 Å². The van der Waals surface area contributed by atoms with E-state index in [0.29, 0.717) is 31.9 Å². The zero-order chi connectivity index (χ0) is 18.0. The number of nitrogens with zero attached hydrogens (tertiary/aromatic N) is 3. The van der Waals surface area contributed by atoms with Crippen molar-refractivity contribution < 1.29 is 14.1 Å². The number of aryl methyl sites for hydroxylation is 3. The number of nitrogens with one attached hydrogen (secondary N) is 1. The maximum absolute atomic E-state index is 12.7. The van der Waals surface area contributed by atoms with Crippen LogP contribution >= 0.6 is 0 Å². The van der Waals surface area contributed by atoms with Gasteiger partial charge < -0.3 is 19.5 Å². The Morgan fingerprint density at radius 1 is 1.36 bits per heavy atom. The van der Waals surface area contributed by atoms with Gasteiger partial charge in [0.25, 0.3) is 0 Å². The van der Waals surface area contributed by atoms with Crippen LogP contribution in [-0.2, 0) is 16.0 Å². The van der Waals surface area contributed by atoms with Crippen molar-refractivity contribution in [1.82, 2.24) is 15.0 Å². The molecule has 134 valence electrons. The summed E-state index contributed by atoms with van der Waals surface area (Å²) in [5, 5.41) is 7.05. The van der Waals surface area contributed by atoms with Crippen LogP contribution < -0.4 is 5.32 Å². The van der Waals surface area contributed by atoms with E-state index in [2.05, 4.69) is 15.5 Å². The minimum Gasteiger partial charge on any atom is -0.388 e. The summed E-state index contributed by atoms with van der Waals surface area (Å²) in [6.07, 6.45) is 0.0889. The van der Waals surface area contributed by atoms with Gasteiger partial charge in [-0.15, -0.1) is 0 Å². The van der Waals surface area contributed by atoms with Crippen molar-refractivity contribution in [3.8, 4) is 0 Å². The number of hydrogen-bond acceptors (Lipinski definition) is 6. The zero-order valence-electron chi connectivity index (χ0n) is 15.1. The van der Waals surface area contributed by atoms with Crippen molar-refractivity contribution in [2.24, 2.45) is 0 Å². The lowest BCUT2D eigenvalue weighted by atomic mass is 10.1. The molecule has 1 amide bonds. The lowest BCUT2D eigenvalue weighted by molar-refractivity contribution is -0.138. The fourth-order valence-corrected chi connectivity index (χ4v) is 3.08. The van der Waals surface area contributed by atoms with Gasteiger partial charge in [-0.1, -0.05) is 5.16 Å². The zero-order valence-corrected chi connectivity index (χ0v) is 15.1. The van der Waals surface area contributed by atoms with E-state index in [1.165, 1.54) is 0 Å². The molecule has 7 heteroatoms. The molecule has 0 unspecified atom stereocenters. The molecule has 7 nitrogen and oxygen atoms in total. The summed E-state index contributed by atoms with van der Waals surface area (Å²) < 4.78 is 11.0. The predicted octanol–water partition coefficient (Wildman–Crippen LogP) is 2.18. The molecule has 1 aliphatic heterocycles. The molecule has 1 aliphatic rings. The Labute approximate surface area is 147 Å². The van der Waals surface area contributed by atoms with Gasteiger partial charge in [-0.25, -0.2) is 0 Å². The third-order valence-electron chi connectivity index (χ3n) is 4.52. The van der Waals surface area contributed by atoms with E-state index >= 15 is 0 Å². The largest absolute Gasteiger partial charge is 0.388 e. The van der Waals surface area contributed by atoms with E-state index in [1.807, 2.05) is 44.9 Å². The van der Waals surface area contributed by atoms with Crippen LogP contribution in [0.4, 0.5) is 5.69 Å². The van der Waals surface area contributed by atoms with E-state index < -0.39 is 0 Å². The van der Waals surface area contributed by atoms with Gasteiger partial charge in [0.2, 0.25) is 5.91 Å². The van der Waals surface area contributed by atoms with Crippen LogP contribution in [0.2, 0.25) is 0 Å². The fraction of sp³-hybridized carbons (Fsp3) is 0.500. The molecule has 3 rings (SSSR count). The molecule has 1 saturated heterocycles. The third-order valence-corrected chi connectivity index (χ3v) is 4.52. The summed E-state index contributed by atoms with van der Waals surface area (Å²) in [4.78, 5) is 19.1. The molecule has 2 aromatic heterocycles. The first-order chi connectivity index (χ1) is 12.0. The molecule has 1 atom stereocenters. The van der Waals surface area contributed by atoms with Gasteiger partial charge in [0.15, 0.2) is 0 Å². The highest BCUT2D eigenvalue weighted by molar-refractivity contribution is 5.79. The molecule has 1 N–H and O–H groups in total. The Morgan fingerprint density at radius 2 is 2.16 bits per heavy atom. The summed E-state index contributed by atoms with van der Waals surface area (Å²) in [7, 11) is 1.87. The standard InChI is InChI=1S/C18H24N4O3/c1-11-7-14(19-4)8-16(20-11)17-10-22(5-6-24-17)18(23)9-15-12(2)21-25-13(15)3/h7-8,17H,5-6,9-10H2,1-4H3,(H,19,20)/t17-/m0/s1. The molecule has 0 aliphatic carbocycles. The molecular weight excluding hydrogens is 320 g/mol. The molecule has 1 fully saturated rings. The topological polar surface area (TPSA) is 80.5 Å². The van der Waals surface area contributed by atoms with Gasteiger partial charge in [0.1, 0.15) is 11.9 Å². The Bertz CT molecular complexity index is 752. The second-order valence-electron chi connectivity index (χ2n) is 6.35. The highest BCUT2D eigenvalue weighted by Crippen LogP contribution is 2.24. The Hall–Kier alpha value is -2.41. The number of pyridine rings is 1. The van der Waals surface area contributed by atoms with E-state index in [9.17, 15) is 4.79 Å². The summed E-state index contributed by atoms with van der Waals surface area (Å²) >= 11 is 0. The first-order valence-corrected chi connectivity index (χ1v) is 8.45. The van der Waals surface area contributed by atoms with Crippen LogP contribution in [0, 0.1) is 20.8 Å². The first-order valence-electron chi connectivity index (χ1n) is 8.45. The van der Waals surface area contributed by atoms with Crippen LogP contribution in [0.25, 0.3) is 0 Å². The van der Waals surface area contributed by atoms with Crippen molar-refractivity contribution in [3.05, 3.63) is 40.5 Å². The summed E-state index contributed by atoms with van der Waals surface area (Å²) in [6.45, 7) is 7.24. The Morgan fingerprint density at radius 3 is 2.84 bits per heavy atom. The van der Waals surface area contributed by atoms with Gasteiger partial charge in [0, 0.05) is 30.5 Å². The van der Waals surface area contributed by atoms with Gasteiger partial charge in [-0.2, -0.15) is 0 Å². The number of rotatable bonds is 4. The number of anilines is 1. The minimum atomic E-state index is -0.214. The predicted molar refractivity (Wildman–Crippen MR) is 93.5 cm³/mol. The monoisotopic (exact) mass is 344 g/mol. The van der Waals surface area contributed by atoms with Crippen LogP contribution in [0.3, 0.4) is 0 Å².